The van der Waals surface area contributed by atoms with Crippen LogP contribution in [0.3, 0.4) is 0 Å². The molecule has 4 nitrogen and oxygen atoms in total. The number of hydrogen-bond donors (Lipinski definition) is 2. The minimum atomic E-state index is 0.750. The first-order chi connectivity index (χ1) is 15.2. The summed E-state index contributed by atoms with van der Waals surface area (Å²) < 4.78 is 0. The van der Waals surface area contributed by atoms with E-state index in [1.165, 1.54) is 55.6 Å². The summed E-state index contributed by atoms with van der Waals surface area (Å²) in [5.74, 6) is 0. The average Bonchev–Trinajstić information content (AvgIpc) is 2.76. The lowest BCUT2D eigenvalue weighted by molar-refractivity contribution is 0.562. The Bertz CT molecular complexity index is 1250. The zero-order chi connectivity index (χ0) is 21.8. The lowest BCUT2D eigenvalue weighted by Crippen LogP contribution is -2.06. The molecule has 4 aromatic carbocycles. The SMILES string of the molecule is N=C=O.N=C=O.c1ccc2c(c1)-c1cccc(Cc3cccc4c3-c3ccccc3-4)c1-2. The van der Waals surface area contributed by atoms with Gasteiger partial charge in [-0.3, -0.25) is 0 Å². The molecule has 0 saturated carbocycles. The van der Waals surface area contributed by atoms with E-state index in [0.717, 1.165) is 18.6 Å². The van der Waals surface area contributed by atoms with Crippen molar-refractivity contribution in [2.75, 3.05) is 0 Å². The van der Waals surface area contributed by atoms with Crippen LogP contribution in [0, 0.1) is 10.8 Å². The van der Waals surface area contributed by atoms with Crippen LogP contribution in [0.15, 0.2) is 84.9 Å². The fourth-order valence-corrected chi connectivity index (χ4v) is 4.53. The molecule has 0 bridgehead atoms. The Morgan fingerprint density at radius 2 is 0.806 bits per heavy atom. The van der Waals surface area contributed by atoms with Crippen LogP contribution < -0.4 is 0 Å². The molecule has 6 rings (SSSR count). The van der Waals surface area contributed by atoms with E-state index in [2.05, 4.69) is 84.9 Å². The van der Waals surface area contributed by atoms with Crippen molar-refractivity contribution in [3.8, 4) is 44.5 Å². The molecule has 0 spiro atoms. The van der Waals surface area contributed by atoms with Crippen molar-refractivity contribution in [2.45, 2.75) is 6.42 Å². The Morgan fingerprint density at radius 3 is 1.19 bits per heavy atom. The van der Waals surface area contributed by atoms with E-state index in [4.69, 9.17) is 20.4 Å². The van der Waals surface area contributed by atoms with Gasteiger partial charge in [0.2, 0.25) is 12.2 Å². The van der Waals surface area contributed by atoms with Gasteiger partial charge in [0.1, 0.15) is 0 Å². The van der Waals surface area contributed by atoms with Gasteiger partial charge in [-0.15, -0.1) is 0 Å². The van der Waals surface area contributed by atoms with Gasteiger partial charge in [-0.05, 0) is 62.1 Å². The van der Waals surface area contributed by atoms with Crippen molar-refractivity contribution in [1.29, 1.82) is 10.8 Å². The molecule has 0 unspecified atom stereocenters. The van der Waals surface area contributed by atoms with E-state index >= 15 is 0 Å². The summed E-state index contributed by atoms with van der Waals surface area (Å²) in [6.07, 6.45) is 2.50. The zero-order valence-electron chi connectivity index (χ0n) is 16.6. The van der Waals surface area contributed by atoms with E-state index in [-0.39, 0.29) is 0 Å². The predicted octanol–water partition coefficient (Wildman–Crippen LogP) is 6.37. The van der Waals surface area contributed by atoms with Crippen LogP contribution >= 0.6 is 0 Å². The van der Waals surface area contributed by atoms with Crippen LogP contribution in [-0.2, 0) is 16.0 Å². The second-order valence-corrected chi connectivity index (χ2v) is 7.15. The molecule has 0 saturated heterocycles. The molecule has 0 aromatic heterocycles. The summed E-state index contributed by atoms with van der Waals surface area (Å²) in [4.78, 5) is 16.7. The van der Waals surface area contributed by atoms with Crippen molar-refractivity contribution >= 4 is 12.2 Å². The second-order valence-electron chi connectivity index (χ2n) is 7.15. The summed E-state index contributed by atoms with van der Waals surface area (Å²) in [6.45, 7) is 0. The third-order valence-corrected chi connectivity index (χ3v) is 5.66. The van der Waals surface area contributed by atoms with Gasteiger partial charge in [0, 0.05) is 0 Å². The molecular formula is C27H18N2O2. The third-order valence-electron chi connectivity index (χ3n) is 5.66. The molecular weight excluding hydrogens is 384 g/mol. The van der Waals surface area contributed by atoms with Gasteiger partial charge in [-0.25, -0.2) is 20.4 Å². The molecule has 31 heavy (non-hydrogen) atoms. The van der Waals surface area contributed by atoms with Crippen molar-refractivity contribution in [3.05, 3.63) is 96.1 Å². The van der Waals surface area contributed by atoms with Crippen LogP contribution in [0.4, 0.5) is 0 Å². The molecule has 2 N–H and O–H groups in total. The maximum absolute atomic E-state index is 8.35. The first kappa shape index (κ1) is 19.9. The minimum Gasteiger partial charge on any atom is -0.222 e. The van der Waals surface area contributed by atoms with Crippen molar-refractivity contribution in [2.24, 2.45) is 0 Å². The number of rotatable bonds is 2. The normalized spacial score (nSPS) is 10.3. The van der Waals surface area contributed by atoms with E-state index in [1.807, 2.05) is 0 Å². The number of nitrogens with one attached hydrogen (secondary N) is 2. The summed E-state index contributed by atoms with van der Waals surface area (Å²) in [5.41, 5.74) is 14.2. The highest BCUT2D eigenvalue weighted by Crippen LogP contribution is 2.51. The fourth-order valence-electron chi connectivity index (χ4n) is 4.53. The molecule has 0 heterocycles. The van der Waals surface area contributed by atoms with Crippen LogP contribution in [-0.4, -0.2) is 12.2 Å². The largest absolute Gasteiger partial charge is 0.231 e. The Hall–Kier alpha value is -4.36. The molecule has 0 atom stereocenters. The van der Waals surface area contributed by atoms with Crippen LogP contribution in [0.1, 0.15) is 11.1 Å². The molecule has 2 aliphatic carbocycles. The molecule has 4 aromatic rings. The highest BCUT2D eigenvalue weighted by atomic mass is 16.1. The quantitative estimate of drug-likeness (QED) is 0.260. The Kier molecular flexibility index (Phi) is 5.51. The maximum atomic E-state index is 8.35. The van der Waals surface area contributed by atoms with Crippen LogP contribution in [0.25, 0.3) is 44.5 Å². The van der Waals surface area contributed by atoms with Crippen LogP contribution in [0.2, 0.25) is 0 Å². The molecule has 0 radical (unpaired) electrons. The van der Waals surface area contributed by atoms with Gasteiger partial charge in [-0.2, -0.15) is 0 Å². The van der Waals surface area contributed by atoms with E-state index in [0.29, 0.717) is 0 Å². The van der Waals surface area contributed by atoms with Gasteiger partial charge >= 0.3 is 0 Å². The lowest BCUT2D eigenvalue weighted by Gasteiger charge is -2.29. The van der Waals surface area contributed by atoms with Gasteiger partial charge in [-0.1, -0.05) is 84.9 Å². The number of fused-ring (bicyclic) bond motifs is 8. The lowest BCUT2D eigenvalue weighted by atomic mass is 9.74. The number of hydrogen-bond acceptors (Lipinski definition) is 4. The van der Waals surface area contributed by atoms with Gasteiger partial charge in [0.05, 0.1) is 0 Å². The van der Waals surface area contributed by atoms with E-state index < -0.39 is 0 Å². The minimum absolute atomic E-state index is 0.750. The Balaban J connectivity index is 0.000000350. The highest BCUT2D eigenvalue weighted by molar-refractivity contribution is 6.05. The summed E-state index contributed by atoms with van der Waals surface area (Å²) in [5, 5.41) is 10.8. The molecule has 0 fully saturated rings. The molecule has 0 aliphatic heterocycles. The third kappa shape index (κ3) is 3.33. The second kappa shape index (κ2) is 8.56. The van der Waals surface area contributed by atoms with E-state index in [1.54, 1.807) is 0 Å². The summed E-state index contributed by atoms with van der Waals surface area (Å²) in [7, 11) is 0. The van der Waals surface area contributed by atoms with Crippen molar-refractivity contribution < 1.29 is 9.59 Å². The maximum Gasteiger partial charge on any atom is 0.231 e. The summed E-state index contributed by atoms with van der Waals surface area (Å²) in [6, 6.07) is 31.0. The van der Waals surface area contributed by atoms with Crippen molar-refractivity contribution in [3.63, 3.8) is 0 Å². The average molecular weight is 402 g/mol. The number of carbonyl (C=O) groups excluding carboxylic acids is 2. The zero-order valence-corrected chi connectivity index (χ0v) is 16.6. The number of isocyanates is 2. The topological polar surface area (TPSA) is 81.8 Å². The summed E-state index contributed by atoms with van der Waals surface area (Å²) >= 11 is 0. The Labute approximate surface area is 179 Å². The standard InChI is InChI=1S/C25H16.2CHNO/c1-3-11-20-18(9-1)22-13-5-7-16(24(20)22)15-17-8-6-14-23-19-10-2-4-12-21(19)25(17)23;2*2-1-3/h1-14H,15H2;2*2H. The van der Waals surface area contributed by atoms with E-state index in [9.17, 15) is 0 Å². The smallest absolute Gasteiger partial charge is 0.222 e. The van der Waals surface area contributed by atoms with Gasteiger partial charge in [0.25, 0.3) is 0 Å². The first-order valence-corrected chi connectivity index (χ1v) is 9.76. The van der Waals surface area contributed by atoms with Crippen LogP contribution in [0.5, 0.6) is 0 Å². The number of benzene rings is 4. The predicted molar refractivity (Wildman–Crippen MR) is 121 cm³/mol. The highest BCUT2D eigenvalue weighted by Gasteiger charge is 2.27. The molecule has 148 valence electrons. The first-order valence-electron chi connectivity index (χ1n) is 9.76. The Morgan fingerprint density at radius 1 is 0.484 bits per heavy atom. The van der Waals surface area contributed by atoms with Crippen molar-refractivity contribution in [1.82, 2.24) is 0 Å². The van der Waals surface area contributed by atoms with Gasteiger partial charge < -0.3 is 0 Å². The van der Waals surface area contributed by atoms with Gasteiger partial charge in [0.15, 0.2) is 0 Å². The molecule has 4 heteroatoms. The fraction of sp³-hybridized carbons (Fsp3) is 0.0370. The monoisotopic (exact) mass is 402 g/mol. The molecule has 0 amide bonds. The molecule has 2 aliphatic rings.